The highest BCUT2D eigenvalue weighted by molar-refractivity contribution is 6.00. The Kier molecular flexibility index (Phi) is 5.42. The largest absolute Gasteiger partial charge is 0.342 e. The lowest BCUT2D eigenvalue weighted by Crippen LogP contribution is -2.45. The van der Waals surface area contributed by atoms with Crippen LogP contribution in [-0.4, -0.2) is 49.9 Å². The standard InChI is InChI=1S/C20H29N3O2/c1-14-6-4-8-18(15(14)2)23-13-17(10-19(23)24)20(25)22-9-5-7-16(12-22)11-21-3/h4,6,8,16-17,21H,5,7,9-13H2,1-3H3. The zero-order chi connectivity index (χ0) is 18.0. The predicted octanol–water partition coefficient (Wildman–Crippen LogP) is 2.11. The van der Waals surface area contributed by atoms with Crippen molar-refractivity contribution in [1.82, 2.24) is 10.2 Å². The van der Waals surface area contributed by atoms with E-state index in [-0.39, 0.29) is 17.7 Å². The highest BCUT2D eigenvalue weighted by Gasteiger charge is 2.38. The molecule has 136 valence electrons. The third kappa shape index (κ3) is 3.71. The number of rotatable bonds is 4. The van der Waals surface area contributed by atoms with Gasteiger partial charge in [0, 0.05) is 31.7 Å². The Hall–Kier alpha value is -1.88. The Bertz CT molecular complexity index is 656. The summed E-state index contributed by atoms with van der Waals surface area (Å²) in [6.07, 6.45) is 2.56. The summed E-state index contributed by atoms with van der Waals surface area (Å²) in [6, 6.07) is 6.02. The third-order valence-electron chi connectivity index (χ3n) is 5.66. The SMILES string of the molecule is CNCC1CCCN(C(=O)C2CC(=O)N(c3cccc(C)c3C)C2)C1. The van der Waals surface area contributed by atoms with Crippen LogP contribution in [0.1, 0.15) is 30.4 Å². The predicted molar refractivity (Wildman–Crippen MR) is 99.6 cm³/mol. The Morgan fingerprint density at radius 2 is 2.08 bits per heavy atom. The van der Waals surface area contributed by atoms with Crippen molar-refractivity contribution in [2.24, 2.45) is 11.8 Å². The van der Waals surface area contributed by atoms with E-state index in [1.807, 2.05) is 31.0 Å². The van der Waals surface area contributed by atoms with Gasteiger partial charge in [-0.2, -0.15) is 0 Å². The van der Waals surface area contributed by atoms with Crippen molar-refractivity contribution in [2.75, 3.05) is 38.1 Å². The van der Waals surface area contributed by atoms with E-state index < -0.39 is 0 Å². The Morgan fingerprint density at radius 1 is 1.28 bits per heavy atom. The Labute approximate surface area is 150 Å². The van der Waals surface area contributed by atoms with Crippen LogP contribution < -0.4 is 10.2 Å². The lowest BCUT2D eigenvalue weighted by atomic mass is 9.96. The first-order chi connectivity index (χ1) is 12.0. The lowest BCUT2D eigenvalue weighted by Gasteiger charge is -2.34. The van der Waals surface area contributed by atoms with E-state index in [4.69, 9.17) is 0 Å². The van der Waals surface area contributed by atoms with Crippen LogP contribution in [0.3, 0.4) is 0 Å². The summed E-state index contributed by atoms with van der Waals surface area (Å²) in [5, 5.41) is 3.21. The van der Waals surface area contributed by atoms with Gasteiger partial charge >= 0.3 is 0 Å². The number of aryl methyl sites for hydroxylation is 1. The number of hydrogen-bond acceptors (Lipinski definition) is 3. The van der Waals surface area contributed by atoms with Crippen LogP contribution in [-0.2, 0) is 9.59 Å². The fraction of sp³-hybridized carbons (Fsp3) is 0.600. The van der Waals surface area contributed by atoms with Crippen LogP contribution in [0.5, 0.6) is 0 Å². The van der Waals surface area contributed by atoms with E-state index in [2.05, 4.69) is 18.3 Å². The zero-order valence-corrected chi connectivity index (χ0v) is 15.5. The number of anilines is 1. The van der Waals surface area contributed by atoms with Gasteiger partial charge in [-0.25, -0.2) is 0 Å². The molecule has 25 heavy (non-hydrogen) atoms. The lowest BCUT2D eigenvalue weighted by molar-refractivity contribution is -0.137. The van der Waals surface area contributed by atoms with Gasteiger partial charge in [0.2, 0.25) is 11.8 Å². The summed E-state index contributed by atoms with van der Waals surface area (Å²) in [7, 11) is 1.96. The first-order valence-corrected chi connectivity index (χ1v) is 9.31. The van der Waals surface area contributed by atoms with Gasteiger partial charge in [0.05, 0.1) is 5.92 Å². The average Bonchev–Trinajstić information content (AvgIpc) is 2.99. The van der Waals surface area contributed by atoms with Gasteiger partial charge in [-0.15, -0.1) is 0 Å². The number of piperidine rings is 1. The highest BCUT2D eigenvalue weighted by atomic mass is 16.2. The molecule has 0 radical (unpaired) electrons. The second-order valence-corrected chi connectivity index (χ2v) is 7.47. The van der Waals surface area contributed by atoms with E-state index in [1.165, 1.54) is 12.0 Å². The molecule has 0 bridgehead atoms. The van der Waals surface area contributed by atoms with E-state index in [0.717, 1.165) is 37.3 Å². The van der Waals surface area contributed by atoms with Gasteiger partial charge in [-0.1, -0.05) is 12.1 Å². The molecule has 0 aliphatic carbocycles. The van der Waals surface area contributed by atoms with Crippen molar-refractivity contribution in [3.05, 3.63) is 29.3 Å². The maximum absolute atomic E-state index is 13.0. The van der Waals surface area contributed by atoms with Gasteiger partial charge in [0.15, 0.2) is 0 Å². The van der Waals surface area contributed by atoms with E-state index >= 15 is 0 Å². The van der Waals surface area contributed by atoms with Crippen molar-refractivity contribution in [3.63, 3.8) is 0 Å². The van der Waals surface area contributed by atoms with Gasteiger partial charge in [-0.05, 0) is 63.4 Å². The molecule has 2 aliphatic heterocycles. The molecule has 2 heterocycles. The molecule has 1 N–H and O–H groups in total. The normalized spacial score (nSPS) is 24.0. The monoisotopic (exact) mass is 343 g/mol. The molecule has 2 fully saturated rings. The fourth-order valence-corrected chi connectivity index (χ4v) is 4.11. The van der Waals surface area contributed by atoms with Crippen LogP contribution >= 0.6 is 0 Å². The smallest absolute Gasteiger partial charge is 0.228 e. The fourth-order valence-electron chi connectivity index (χ4n) is 4.11. The van der Waals surface area contributed by atoms with Gasteiger partial charge in [0.25, 0.3) is 0 Å². The summed E-state index contributed by atoms with van der Waals surface area (Å²) in [5.41, 5.74) is 3.24. The molecule has 0 spiro atoms. The molecular formula is C20H29N3O2. The number of carbonyl (C=O) groups excluding carboxylic acids is 2. The van der Waals surface area contributed by atoms with E-state index in [0.29, 0.717) is 18.9 Å². The minimum Gasteiger partial charge on any atom is -0.342 e. The molecule has 2 unspecified atom stereocenters. The zero-order valence-electron chi connectivity index (χ0n) is 15.5. The van der Waals surface area contributed by atoms with Crippen molar-refractivity contribution in [1.29, 1.82) is 0 Å². The molecule has 2 amide bonds. The van der Waals surface area contributed by atoms with Crippen LogP contribution in [0, 0.1) is 25.7 Å². The molecule has 1 aromatic carbocycles. The molecule has 3 rings (SSSR count). The van der Waals surface area contributed by atoms with Crippen molar-refractivity contribution >= 4 is 17.5 Å². The molecule has 2 saturated heterocycles. The van der Waals surface area contributed by atoms with Gasteiger partial charge < -0.3 is 15.1 Å². The molecule has 2 atom stereocenters. The van der Waals surface area contributed by atoms with E-state index in [9.17, 15) is 9.59 Å². The molecule has 0 aromatic heterocycles. The van der Waals surface area contributed by atoms with Gasteiger partial charge in [0.1, 0.15) is 0 Å². The first-order valence-electron chi connectivity index (χ1n) is 9.31. The summed E-state index contributed by atoms with van der Waals surface area (Å²) < 4.78 is 0. The molecule has 5 heteroatoms. The molecule has 1 aromatic rings. The Balaban J connectivity index is 1.69. The topological polar surface area (TPSA) is 52.7 Å². The van der Waals surface area contributed by atoms with Crippen molar-refractivity contribution in [2.45, 2.75) is 33.1 Å². The minimum atomic E-state index is -0.208. The number of amides is 2. The molecule has 0 saturated carbocycles. The summed E-state index contributed by atoms with van der Waals surface area (Å²) in [6.45, 7) is 7.19. The number of nitrogens with one attached hydrogen (secondary N) is 1. The second kappa shape index (κ2) is 7.56. The minimum absolute atomic E-state index is 0.0656. The number of hydrogen-bond donors (Lipinski definition) is 1. The highest BCUT2D eigenvalue weighted by Crippen LogP contribution is 2.31. The van der Waals surface area contributed by atoms with Crippen molar-refractivity contribution in [3.8, 4) is 0 Å². The number of nitrogens with zero attached hydrogens (tertiary/aromatic N) is 2. The Morgan fingerprint density at radius 3 is 2.84 bits per heavy atom. The van der Waals surface area contributed by atoms with E-state index in [1.54, 1.807) is 4.90 Å². The van der Waals surface area contributed by atoms with Crippen LogP contribution in [0.4, 0.5) is 5.69 Å². The molecular weight excluding hydrogens is 314 g/mol. The molecule has 2 aliphatic rings. The van der Waals surface area contributed by atoms with Crippen LogP contribution in [0.25, 0.3) is 0 Å². The summed E-state index contributed by atoms with van der Waals surface area (Å²) in [4.78, 5) is 29.3. The average molecular weight is 343 g/mol. The quantitative estimate of drug-likeness (QED) is 0.911. The second-order valence-electron chi connectivity index (χ2n) is 7.47. The van der Waals surface area contributed by atoms with Crippen molar-refractivity contribution < 1.29 is 9.59 Å². The summed E-state index contributed by atoms with van der Waals surface area (Å²) in [5.74, 6) is 0.536. The van der Waals surface area contributed by atoms with Gasteiger partial charge in [-0.3, -0.25) is 9.59 Å². The first kappa shape index (κ1) is 17.9. The molecule has 5 nitrogen and oxygen atoms in total. The number of benzene rings is 1. The van der Waals surface area contributed by atoms with Crippen LogP contribution in [0.15, 0.2) is 18.2 Å². The maximum Gasteiger partial charge on any atom is 0.228 e. The summed E-state index contributed by atoms with van der Waals surface area (Å²) >= 11 is 0. The maximum atomic E-state index is 13.0. The number of carbonyl (C=O) groups is 2. The number of likely N-dealkylation sites (tertiary alicyclic amines) is 1. The van der Waals surface area contributed by atoms with Crippen LogP contribution in [0.2, 0.25) is 0 Å². The third-order valence-corrected chi connectivity index (χ3v) is 5.66.